The van der Waals surface area contributed by atoms with E-state index in [2.05, 4.69) is 9.97 Å². The molecule has 0 radical (unpaired) electrons. The largest absolute Gasteiger partial charge is 0.398 e. The fourth-order valence-corrected chi connectivity index (χ4v) is 1.78. The Hall–Kier alpha value is -1.49. The number of anilines is 1. The summed E-state index contributed by atoms with van der Waals surface area (Å²) in [6, 6.07) is 4.31. The number of rotatable bonds is 2. The molecule has 3 nitrogen and oxygen atoms in total. The van der Waals surface area contributed by atoms with Crippen LogP contribution in [0.2, 0.25) is 0 Å². The number of nitrogens with zero attached hydrogens (tertiary/aromatic N) is 1. The van der Waals surface area contributed by atoms with Crippen LogP contribution in [0.4, 0.5) is 10.1 Å². The van der Waals surface area contributed by atoms with Gasteiger partial charge in [0.15, 0.2) is 5.16 Å². The lowest BCUT2D eigenvalue weighted by atomic mass is 10.3. The van der Waals surface area contributed by atoms with Gasteiger partial charge in [-0.3, -0.25) is 0 Å². The van der Waals surface area contributed by atoms with E-state index in [0.29, 0.717) is 5.69 Å². The third-order valence-corrected chi connectivity index (χ3v) is 2.66. The zero-order chi connectivity index (χ0) is 9.97. The summed E-state index contributed by atoms with van der Waals surface area (Å²) in [6.45, 7) is 0. The lowest BCUT2D eigenvalue weighted by Crippen LogP contribution is -1.89. The van der Waals surface area contributed by atoms with Crippen LogP contribution in [0.25, 0.3) is 0 Å². The Morgan fingerprint density at radius 3 is 2.93 bits per heavy atom. The van der Waals surface area contributed by atoms with Crippen molar-refractivity contribution in [1.82, 2.24) is 9.97 Å². The quantitative estimate of drug-likeness (QED) is 0.746. The first-order valence-corrected chi connectivity index (χ1v) is 4.79. The van der Waals surface area contributed by atoms with Gasteiger partial charge < -0.3 is 10.7 Å². The van der Waals surface area contributed by atoms with Crippen LogP contribution in [-0.4, -0.2) is 9.97 Å². The van der Waals surface area contributed by atoms with Gasteiger partial charge in [-0.1, -0.05) is 0 Å². The molecule has 0 aliphatic carbocycles. The molecule has 0 fully saturated rings. The number of benzene rings is 1. The van der Waals surface area contributed by atoms with Crippen molar-refractivity contribution in [3.8, 4) is 0 Å². The minimum absolute atomic E-state index is 0.328. The number of aromatic amines is 1. The van der Waals surface area contributed by atoms with Crippen LogP contribution in [0.5, 0.6) is 0 Å². The van der Waals surface area contributed by atoms with Crippen LogP contribution >= 0.6 is 11.8 Å². The fourth-order valence-electron chi connectivity index (χ4n) is 1.02. The Kier molecular flexibility index (Phi) is 2.41. The molecule has 1 aromatic heterocycles. The van der Waals surface area contributed by atoms with Gasteiger partial charge in [0.05, 0.1) is 0 Å². The summed E-state index contributed by atoms with van der Waals surface area (Å²) in [5.74, 6) is -0.328. The van der Waals surface area contributed by atoms with Gasteiger partial charge in [-0.2, -0.15) is 0 Å². The average Bonchev–Trinajstić information content (AvgIpc) is 2.62. The van der Waals surface area contributed by atoms with Crippen LogP contribution in [0, 0.1) is 5.82 Å². The molecule has 0 amide bonds. The maximum Gasteiger partial charge on any atom is 0.170 e. The van der Waals surface area contributed by atoms with Crippen molar-refractivity contribution in [2.45, 2.75) is 10.1 Å². The fraction of sp³-hybridized carbons (Fsp3) is 0. The first-order chi connectivity index (χ1) is 6.75. The van der Waals surface area contributed by atoms with Crippen LogP contribution in [0.1, 0.15) is 0 Å². The van der Waals surface area contributed by atoms with E-state index in [1.54, 1.807) is 18.5 Å². The van der Waals surface area contributed by atoms with Gasteiger partial charge in [0.1, 0.15) is 5.82 Å². The molecule has 0 unspecified atom stereocenters. The summed E-state index contributed by atoms with van der Waals surface area (Å²) in [6.07, 6.45) is 3.38. The zero-order valence-corrected chi connectivity index (χ0v) is 8.01. The Labute approximate surface area is 84.5 Å². The molecule has 0 atom stereocenters. The number of nitrogens with two attached hydrogens (primary N) is 1. The number of H-pyrrole nitrogens is 1. The molecule has 1 heterocycles. The highest BCUT2D eigenvalue weighted by Crippen LogP contribution is 2.29. The highest BCUT2D eigenvalue weighted by molar-refractivity contribution is 7.99. The number of aromatic nitrogens is 2. The molecule has 0 spiro atoms. The van der Waals surface area contributed by atoms with E-state index in [1.165, 1.54) is 23.9 Å². The van der Waals surface area contributed by atoms with Crippen molar-refractivity contribution < 1.29 is 4.39 Å². The molecule has 1 aromatic carbocycles. The van der Waals surface area contributed by atoms with Crippen LogP contribution < -0.4 is 5.73 Å². The second-order valence-corrected chi connectivity index (χ2v) is 3.71. The Morgan fingerprint density at radius 2 is 2.29 bits per heavy atom. The second kappa shape index (κ2) is 3.71. The molecule has 0 aliphatic heterocycles. The van der Waals surface area contributed by atoms with Crippen LogP contribution in [-0.2, 0) is 0 Å². The first kappa shape index (κ1) is 9.08. The third kappa shape index (κ3) is 1.88. The van der Waals surface area contributed by atoms with Crippen LogP contribution in [0.3, 0.4) is 0 Å². The highest BCUT2D eigenvalue weighted by Gasteiger charge is 2.04. The molecule has 72 valence electrons. The molecular formula is C9H8FN3S. The number of nitrogens with one attached hydrogen (secondary N) is 1. The minimum Gasteiger partial charge on any atom is -0.398 e. The Bertz CT molecular complexity index is 428. The smallest absolute Gasteiger partial charge is 0.170 e. The summed E-state index contributed by atoms with van der Waals surface area (Å²) in [4.78, 5) is 7.76. The van der Waals surface area contributed by atoms with E-state index in [1.807, 2.05) is 0 Å². The Balaban J connectivity index is 2.25. The molecule has 0 saturated heterocycles. The number of halogens is 1. The van der Waals surface area contributed by atoms with E-state index < -0.39 is 0 Å². The molecular weight excluding hydrogens is 201 g/mol. The van der Waals surface area contributed by atoms with E-state index in [-0.39, 0.29) is 5.82 Å². The second-order valence-electron chi connectivity index (χ2n) is 2.68. The van der Waals surface area contributed by atoms with Gasteiger partial charge in [-0.15, -0.1) is 0 Å². The number of hydrogen-bond donors (Lipinski definition) is 2. The summed E-state index contributed by atoms with van der Waals surface area (Å²) in [5.41, 5.74) is 6.06. The standard InChI is InChI=1S/C9H8FN3S/c10-6-1-2-8(7(11)5-6)14-9-12-3-4-13-9/h1-5H,11H2,(H,12,13). The van der Waals surface area contributed by atoms with E-state index in [0.717, 1.165) is 10.1 Å². The van der Waals surface area contributed by atoms with Gasteiger partial charge in [0.2, 0.25) is 0 Å². The summed E-state index contributed by atoms with van der Waals surface area (Å²) in [5, 5.41) is 0.739. The number of nitrogen functional groups attached to an aromatic ring is 1. The zero-order valence-electron chi connectivity index (χ0n) is 7.20. The SMILES string of the molecule is Nc1cc(F)ccc1Sc1ncc[nH]1. The topological polar surface area (TPSA) is 54.7 Å². The maximum atomic E-state index is 12.7. The highest BCUT2D eigenvalue weighted by atomic mass is 32.2. The van der Waals surface area contributed by atoms with Gasteiger partial charge in [-0.05, 0) is 30.0 Å². The van der Waals surface area contributed by atoms with Crippen molar-refractivity contribution in [3.05, 3.63) is 36.4 Å². The number of hydrogen-bond acceptors (Lipinski definition) is 3. The van der Waals surface area contributed by atoms with Gasteiger partial charge in [0.25, 0.3) is 0 Å². The third-order valence-electron chi connectivity index (χ3n) is 1.65. The molecule has 0 saturated carbocycles. The lowest BCUT2D eigenvalue weighted by Gasteiger charge is -2.02. The molecule has 5 heteroatoms. The molecule has 2 rings (SSSR count). The first-order valence-electron chi connectivity index (χ1n) is 3.98. The predicted octanol–water partition coefficient (Wildman–Crippen LogP) is 2.28. The average molecular weight is 209 g/mol. The maximum absolute atomic E-state index is 12.7. The monoisotopic (exact) mass is 209 g/mol. The lowest BCUT2D eigenvalue weighted by molar-refractivity contribution is 0.627. The van der Waals surface area contributed by atoms with Crippen molar-refractivity contribution in [3.63, 3.8) is 0 Å². The normalized spacial score (nSPS) is 10.4. The Morgan fingerprint density at radius 1 is 1.43 bits per heavy atom. The van der Waals surface area contributed by atoms with E-state index >= 15 is 0 Å². The van der Waals surface area contributed by atoms with Gasteiger partial charge in [-0.25, -0.2) is 9.37 Å². The molecule has 0 aliphatic rings. The van der Waals surface area contributed by atoms with Crippen molar-refractivity contribution in [1.29, 1.82) is 0 Å². The summed E-state index contributed by atoms with van der Waals surface area (Å²) in [7, 11) is 0. The molecule has 3 N–H and O–H groups in total. The molecule has 2 aromatic rings. The summed E-state index contributed by atoms with van der Waals surface area (Å²) >= 11 is 1.37. The number of imidazole rings is 1. The van der Waals surface area contributed by atoms with Gasteiger partial charge >= 0.3 is 0 Å². The van der Waals surface area contributed by atoms with Crippen LogP contribution in [0.15, 0.2) is 40.6 Å². The van der Waals surface area contributed by atoms with Crippen molar-refractivity contribution >= 4 is 17.4 Å². The molecule has 14 heavy (non-hydrogen) atoms. The molecule has 0 bridgehead atoms. The minimum atomic E-state index is -0.328. The van der Waals surface area contributed by atoms with Gasteiger partial charge in [0, 0.05) is 23.0 Å². The van der Waals surface area contributed by atoms with E-state index in [9.17, 15) is 4.39 Å². The van der Waals surface area contributed by atoms with Crippen molar-refractivity contribution in [2.75, 3.05) is 5.73 Å². The predicted molar refractivity (Wildman–Crippen MR) is 53.5 cm³/mol. The van der Waals surface area contributed by atoms with E-state index in [4.69, 9.17) is 5.73 Å². The van der Waals surface area contributed by atoms with Crippen molar-refractivity contribution in [2.24, 2.45) is 0 Å². The summed E-state index contributed by atoms with van der Waals surface area (Å²) < 4.78 is 12.7.